The number of amides is 1. The van der Waals surface area contributed by atoms with Gasteiger partial charge in [0, 0.05) is 26.8 Å². The maximum atomic E-state index is 14.1. The van der Waals surface area contributed by atoms with Crippen molar-refractivity contribution in [2.45, 2.75) is 6.54 Å². The molecule has 0 aliphatic heterocycles. The van der Waals surface area contributed by atoms with Gasteiger partial charge in [0.05, 0.1) is 5.56 Å². The third-order valence-electron chi connectivity index (χ3n) is 3.01. The Hall–Kier alpha value is -2.50. The van der Waals surface area contributed by atoms with Gasteiger partial charge in [0.25, 0.3) is 5.91 Å². The molecule has 1 aromatic carbocycles. The van der Waals surface area contributed by atoms with Gasteiger partial charge < -0.3 is 10.2 Å². The Bertz CT molecular complexity index is 661. The minimum Gasteiger partial charge on any atom is -0.371 e. The number of nitrogens with zero attached hydrogens (tertiary/aromatic N) is 2. The van der Waals surface area contributed by atoms with Crippen LogP contribution in [0.5, 0.6) is 0 Å². The van der Waals surface area contributed by atoms with Crippen molar-refractivity contribution >= 4 is 11.7 Å². The summed E-state index contributed by atoms with van der Waals surface area (Å²) in [5, 5.41) is 2.58. The van der Waals surface area contributed by atoms with E-state index in [9.17, 15) is 13.6 Å². The summed E-state index contributed by atoms with van der Waals surface area (Å²) in [4.78, 5) is 17.4. The highest BCUT2D eigenvalue weighted by Crippen LogP contribution is 2.17. The predicted molar refractivity (Wildman–Crippen MR) is 75.9 cm³/mol. The van der Waals surface area contributed by atoms with Gasteiger partial charge in [-0.25, -0.2) is 13.8 Å². The van der Waals surface area contributed by atoms with Crippen LogP contribution < -0.4 is 5.32 Å². The molecule has 0 aliphatic rings. The second-order valence-electron chi connectivity index (χ2n) is 4.56. The largest absolute Gasteiger partial charge is 0.371 e. The van der Waals surface area contributed by atoms with Gasteiger partial charge in [0.2, 0.25) is 0 Å². The van der Waals surface area contributed by atoms with Crippen LogP contribution in [-0.2, 0) is 6.54 Å². The Balaban J connectivity index is 2.20. The quantitative estimate of drug-likeness (QED) is 0.942. The van der Waals surface area contributed by atoms with Crippen LogP contribution in [-0.4, -0.2) is 29.9 Å². The van der Waals surface area contributed by atoms with E-state index >= 15 is 0 Å². The lowest BCUT2D eigenvalue weighted by Gasteiger charge is -2.18. The highest BCUT2D eigenvalue weighted by molar-refractivity contribution is 5.95. The molecule has 0 unspecified atom stereocenters. The summed E-state index contributed by atoms with van der Waals surface area (Å²) in [5.74, 6) is -1.55. The summed E-state index contributed by atoms with van der Waals surface area (Å²) in [6.07, 6.45) is 1.36. The number of benzene rings is 1. The summed E-state index contributed by atoms with van der Waals surface area (Å²) in [5.41, 5.74) is 0.558. The second kappa shape index (κ2) is 6.30. The van der Waals surface area contributed by atoms with Crippen LogP contribution in [0.25, 0.3) is 0 Å². The van der Waals surface area contributed by atoms with Crippen LogP contribution in [0.15, 0.2) is 36.5 Å². The smallest absolute Gasteiger partial charge is 0.257 e. The first kappa shape index (κ1) is 14.9. The summed E-state index contributed by atoms with van der Waals surface area (Å²) >= 11 is 0. The van der Waals surface area contributed by atoms with E-state index in [0.29, 0.717) is 5.56 Å². The van der Waals surface area contributed by atoms with E-state index in [1.165, 1.54) is 43.4 Å². The average molecular weight is 291 g/mol. The number of hydrogen-bond donors (Lipinski definition) is 1. The van der Waals surface area contributed by atoms with Crippen molar-refractivity contribution in [1.29, 1.82) is 0 Å². The standard InChI is InChI=1S/C15H15F2N3O/c1-18-14-13(17)12(6-7-19-14)15(21)20(2)9-10-4-3-5-11(16)8-10/h3-8H,9H2,1-2H3,(H,18,19). The van der Waals surface area contributed by atoms with Crippen molar-refractivity contribution in [3.8, 4) is 0 Å². The minimum atomic E-state index is -0.698. The Labute approximate surface area is 121 Å². The number of pyridine rings is 1. The normalized spacial score (nSPS) is 10.3. The lowest BCUT2D eigenvalue weighted by molar-refractivity contribution is 0.0780. The van der Waals surface area contributed by atoms with Gasteiger partial charge in [-0.1, -0.05) is 12.1 Å². The summed E-state index contributed by atoms with van der Waals surface area (Å²) in [7, 11) is 3.06. The Morgan fingerprint density at radius 3 is 2.76 bits per heavy atom. The van der Waals surface area contributed by atoms with Gasteiger partial charge in [0.15, 0.2) is 11.6 Å². The fourth-order valence-corrected chi connectivity index (χ4v) is 1.97. The first-order chi connectivity index (χ1) is 10.0. The molecule has 0 saturated carbocycles. The molecule has 4 nitrogen and oxygen atoms in total. The van der Waals surface area contributed by atoms with Crippen LogP contribution in [0.4, 0.5) is 14.6 Å². The maximum Gasteiger partial charge on any atom is 0.257 e. The molecule has 21 heavy (non-hydrogen) atoms. The number of carbonyl (C=O) groups excluding carboxylic acids is 1. The first-order valence-electron chi connectivity index (χ1n) is 6.35. The molecule has 2 aromatic rings. The van der Waals surface area contributed by atoms with Crippen LogP contribution in [0.2, 0.25) is 0 Å². The highest BCUT2D eigenvalue weighted by Gasteiger charge is 2.19. The van der Waals surface area contributed by atoms with E-state index in [4.69, 9.17) is 0 Å². The van der Waals surface area contributed by atoms with Gasteiger partial charge in [-0.3, -0.25) is 4.79 Å². The zero-order valence-electron chi connectivity index (χ0n) is 11.7. The topological polar surface area (TPSA) is 45.2 Å². The molecule has 0 radical (unpaired) electrons. The molecule has 0 saturated heterocycles. The number of rotatable bonds is 4. The fourth-order valence-electron chi connectivity index (χ4n) is 1.97. The highest BCUT2D eigenvalue weighted by atomic mass is 19.1. The number of hydrogen-bond acceptors (Lipinski definition) is 3. The molecule has 1 N–H and O–H groups in total. The Morgan fingerprint density at radius 2 is 2.10 bits per heavy atom. The van der Waals surface area contributed by atoms with Gasteiger partial charge >= 0.3 is 0 Å². The van der Waals surface area contributed by atoms with Gasteiger partial charge in [0.1, 0.15) is 5.82 Å². The number of halogens is 2. The Kier molecular flexibility index (Phi) is 4.47. The molecule has 6 heteroatoms. The monoisotopic (exact) mass is 291 g/mol. The van der Waals surface area contributed by atoms with Crippen molar-refractivity contribution in [3.63, 3.8) is 0 Å². The van der Waals surface area contributed by atoms with Crippen LogP contribution >= 0.6 is 0 Å². The van der Waals surface area contributed by atoms with Crippen LogP contribution in [0.1, 0.15) is 15.9 Å². The van der Waals surface area contributed by atoms with Crippen molar-refractivity contribution < 1.29 is 13.6 Å². The number of carbonyl (C=O) groups is 1. The molecule has 2 rings (SSSR count). The Morgan fingerprint density at radius 1 is 1.33 bits per heavy atom. The zero-order chi connectivity index (χ0) is 15.4. The van der Waals surface area contributed by atoms with Crippen molar-refractivity contribution in [2.24, 2.45) is 0 Å². The molecule has 1 amide bonds. The third-order valence-corrected chi connectivity index (χ3v) is 3.01. The molecule has 1 aromatic heterocycles. The molecule has 0 bridgehead atoms. The molecule has 0 atom stereocenters. The fraction of sp³-hybridized carbons (Fsp3) is 0.200. The number of aromatic nitrogens is 1. The molecule has 110 valence electrons. The SMILES string of the molecule is CNc1nccc(C(=O)N(C)Cc2cccc(F)c2)c1F. The third kappa shape index (κ3) is 3.34. The van der Waals surface area contributed by atoms with Gasteiger partial charge in [-0.15, -0.1) is 0 Å². The zero-order valence-corrected chi connectivity index (χ0v) is 11.7. The summed E-state index contributed by atoms with van der Waals surface area (Å²) < 4.78 is 27.2. The van der Waals surface area contributed by atoms with Gasteiger partial charge in [-0.2, -0.15) is 0 Å². The lowest BCUT2D eigenvalue weighted by atomic mass is 10.1. The first-order valence-corrected chi connectivity index (χ1v) is 6.35. The van der Waals surface area contributed by atoms with E-state index in [1.807, 2.05) is 0 Å². The van der Waals surface area contributed by atoms with Crippen molar-refractivity contribution in [2.75, 3.05) is 19.4 Å². The summed E-state index contributed by atoms with van der Waals surface area (Å²) in [6.45, 7) is 0.188. The van der Waals surface area contributed by atoms with E-state index in [2.05, 4.69) is 10.3 Å². The molecule has 1 heterocycles. The van der Waals surface area contributed by atoms with Crippen molar-refractivity contribution in [3.05, 3.63) is 59.3 Å². The molecular weight excluding hydrogens is 276 g/mol. The van der Waals surface area contributed by atoms with Gasteiger partial charge in [-0.05, 0) is 23.8 Å². The van der Waals surface area contributed by atoms with E-state index in [1.54, 1.807) is 12.1 Å². The average Bonchev–Trinajstić information content (AvgIpc) is 2.47. The minimum absolute atomic E-state index is 0.0139. The predicted octanol–water partition coefficient (Wildman–Crippen LogP) is 2.67. The maximum absolute atomic E-state index is 14.1. The molecule has 0 aliphatic carbocycles. The number of nitrogens with one attached hydrogen (secondary N) is 1. The molecule has 0 spiro atoms. The number of anilines is 1. The molecular formula is C15H15F2N3O. The second-order valence-corrected chi connectivity index (χ2v) is 4.56. The summed E-state index contributed by atoms with van der Waals surface area (Å²) in [6, 6.07) is 7.25. The van der Waals surface area contributed by atoms with Crippen molar-refractivity contribution in [1.82, 2.24) is 9.88 Å². The molecule has 0 fully saturated rings. The van der Waals surface area contributed by atoms with E-state index in [0.717, 1.165) is 0 Å². The van der Waals surface area contributed by atoms with E-state index < -0.39 is 11.7 Å². The van der Waals surface area contributed by atoms with Crippen LogP contribution in [0, 0.1) is 11.6 Å². The lowest BCUT2D eigenvalue weighted by Crippen LogP contribution is -2.27. The van der Waals surface area contributed by atoms with Crippen LogP contribution in [0.3, 0.4) is 0 Å². The van der Waals surface area contributed by atoms with E-state index in [-0.39, 0.29) is 23.7 Å².